The highest BCUT2D eigenvalue weighted by Gasteiger charge is 2.13. The van der Waals surface area contributed by atoms with Crippen molar-refractivity contribution in [2.24, 2.45) is 0 Å². The molecule has 2 heteroatoms. The minimum atomic E-state index is -1.53. The van der Waals surface area contributed by atoms with Gasteiger partial charge in [0.2, 0.25) is 0 Å². The van der Waals surface area contributed by atoms with Gasteiger partial charge >= 0.3 is 0 Å². The highest BCUT2D eigenvalue weighted by molar-refractivity contribution is 7.23. The van der Waals surface area contributed by atoms with Gasteiger partial charge in [-0.2, -0.15) is 0 Å². The van der Waals surface area contributed by atoms with Gasteiger partial charge in [-0.3, -0.25) is 0 Å². The number of hydrogen-bond acceptors (Lipinski definition) is 0. The molecule has 0 atom stereocenters. The van der Waals surface area contributed by atoms with E-state index in [4.69, 9.17) is 7.44 Å². The Kier molecular flexibility index (Phi) is 2.00. The maximum absolute atomic E-state index is 6.00. The van der Waals surface area contributed by atoms with Gasteiger partial charge in [-0.15, -0.1) is 0 Å². The minimum absolute atomic E-state index is 1.31. The van der Waals surface area contributed by atoms with E-state index in [0.717, 1.165) is 0 Å². The van der Waals surface area contributed by atoms with Gasteiger partial charge in [0.05, 0.1) is 7.44 Å². The summed E-state index contributed by atoms with van der Waals surface area (Å²) in [5.41, 5.74) is 0. The minimum Gasteiger partial charge on any atom is -0.0719 e. The van der Waals surface area contributed by atoms with Crippen molar-refractivity contribution in [1.82, 2.24) is 0 Å². The lowest BCUT2D eigenvalue weighted by Gasteiger charge is -2.16. The van der Waals surface area contributed by atoms with Crippen molar-refractivity contribution in [3.05, 3.63) is 30.3 Å². The lowest BCUT2D eigenvalue weighted by atomic mass is 10.4. The SMILES string of the molecule is [B][Si](C)(C)c1ccccc1. The van der Waals surface area contributed by atoms with Crippen LogP contribution in [0.1, 0.15) is 0 Å². The van der Waals surface area contributed by atoms with Crippen LogP contribution in [0, 0.1) is 0 Å². The van der Waals surface area contributed by atoms with E-state index < -0.39 is 7.94 Å². The third-order valence-electron chi connectivity index (χ3n) is 1.52. The van der Waals surface area contributed by atoms with Crippen LogP contribution in [-0.2, 0) is 0 Å². The van der Waals surface area contributed by atoms with E-state index in [2.05, 4.69) is 25.2 Å². The molecule has 0 heterocycles. The third-order valence-corrected chi connectivity index (χ3v) is 3.34. The van der Waals surface area contributed by atoms with Crippen molar-refractivity contribution in [3.8, 4) is 0 Å². The molecule has 2 radical (unpaired) electrons. The first kappa shape index (κ1) is 7.61. The topological polar surface area (TPSA) is 0 Å². The zero-order valence-electron chi connectivity index (χ0n) is 6.46. The van der Waals surface area contributed by atoms with Gasteiger partial charge in [0.25, 0.3) is 0 Å². The van der Waals surface area contributed by atoms with Gasteiger partial charge in [-0.25, -0.2) is 0 Å². The van der Waals surface area contributed by atoms with Gasteiger partial charge in [-0.1, -0.05) is 48.6 Å². The lowest BCUT2D eigenvalue weighted by Crippen LogP contribution is -2.41. The normalized spacial score (nSPS) is 11.4. The Bertz CT molecular complexity index is 200. The predicted octanol–water partition coefficient (Wildman–Crippen LogP) is 1.27. The summed E-state index contributed by atoms with van der Waals surface area (Å²) < 4.78 is 0. The summed E-state index contributed by atoms with van der Waals surface area (Å²) in [4.78, 5) is 0. The fourth-order valence-electron chi connectivity index (χ4n) is 0.868. The van der Waals surface area contributed by atoms with Crippen LogP contribution in [-0.4, -0.2) is 15.4 Å². The first-order valence-electron chi connectivity index (χ1n) is 3.45. The Morgan fingerprint density at radius 3 is 1.90 bits per heavy atom. The maximum Gasteiger partial charge on any atom is 0.0629 e. The molecular formula is C8H11BSi. The quantitative estimate of drug-likeness (QED) is 0.523. The second-order valence-electron chi connectivity index (χ2n) is 3.09. The monoisotopic (exact) mass is 146 g/mol. The molecule has 0 saturated carbocycles. The summed E-state index contributed by atoms with van der Waals surface area (Å²) in [7, 11) is 4.46. The van der Waals surface area contributed by atoms with Crippen LogP contribution in [0.25, 0.3) is 0 Å². The van der Waals surface area contributed by atoms with Crippen LogP contribution >= 0.6 is 0 Å². The largest absolute Gasteiger partial charge is 0.0719 e. The van der Waals surface area contributed by atoms with Crippen molar-refractivity contribution in [2.45, 2.75) is 13.1 Å². The second-order valence-corrected chi connectivity index (χ2v) is 7.11. The lowest BCUT2D eigenvalue weighted by molar-refractivity contribution is 1.73. The Morgan fingerprint density at radius 1 is 1.10 bits per heavy atom. The average Bonchev–Trinajstić information content (AvgIpc) is 1.88. The molecule has 0 bridgehead atoms. The molecule has 0 aliphatic rings. The van der Waals surface area contributed by atoms with Crippen LogP contribution in [0.15, 0.2) is 30.3 Å². The summed E-state index contributed by atoms with van der Waals surface area (Å²) in [5.74, 6) is 0. The molecule has 0 unspecified atom stereocenters. The van der Waals surface area contributed by atoms with Gasteiger partial charge < -0.3 is 0 Å². The molecule has 0 N–H and O–H groups in total. The smallest absolute Gasteiger partial charge is 0.0629 e. The summed E-state index contributed by atoms with van der Waals surface area (Å²) in [6.45, 7) is 4.28. The van der Waals surface area contributed by atoms with Crippen LogP contribution < -0.4 is 5.19 Å². The first-order valence-corrected chi connectivity index (χ1v) is 6.53. The van der Waals surface area contributed by atoms with Crippen molar-refractivity contribution in [1.29, 1.82) is 0 Å². The molecule has 1 aromatic rings. The summed E-state index contributed by atoms with van der Waals surface area (Å²) >= 11 is 0. The van der Waals surface area contributed by atoms with Gasteiger partial charge in [-0.05, 0) is 0 Å². The van der Waals surface area contributed by atoms with E-state index in [1.165, 1.54) is 5.19 Å². The standard InChI is InChI=1S/C8H11BSi/c1-10(2,9)8-6-4-3-5-7-8/h3-7H,1-2H3. The Labute approximate surface area is 64.6 Å². The molecule has 0 aliphatic carbocycles. The molecule has 0 saturated heterocycles. The molecule has 0 aliphatic heterocycles. The molecule has 1 rings (SSSR count). The number of hydrogen-bond donors (Lipinski definition) is 0. The molecule has 0 fully saturated rings. The highest BCUT2D eigenvalue weighted by atomic mass is 28.3. The zero-order chi connectivity index (χ0) is 7.61. The second kappa shape index (κ2) is 2.62. The highest BCUT2D eigenvalue weighted by Crippen LogP contribution is 1.95. The Hall–Kier alpha value is -0.498. The van der Waals surface area contributed by atoms with Crippen molar-refractivity contribution >= 4 is 20.6 Å². The van der Waals surface area contributed by atoms with E-state index in [1.807, 2.05) is 18.2 Å². The number of rotatable bonds is 1. The molecule has 0 aromatic heterocycles. The van der Waals surface area contributed by atoms with E-state index in [1.54, 1.807) is 0 Å². The van der Waals surface area contributed by atoms with E-state index in [0.29, 0.717) is 0 Å². The van der Waals surface area contributed by atoms with E-state index in [9.17, 15) is 0 Å². The van der Waals surface area contributed by atoms with Gasteiger partial charge in [0.1, 0.15) is 0 Å². The third kappa shape index (κ3) is 1.74. The predicted molar refractivity (Wildman–Crippen MR) is 49.3 cm³/mol. The molecule has 0 nitrogen and oxygen atoms in total. The Balaban J connectivity index is 2.97. The number of benzene rings is 1. The molecular weight excluding hydrogens is 135 g/mol. The van der Waals surface area contributed by atoms with Crippen LogP contribution in [0.4, 0.5) is 0 Å². The van der Waals surface area contributed by atoms with Crippen molar-refractivity contribution in [3.63, 3.8) is 0 Å². The molecule has 10 heavy (non-hydrogen) atoms. The Morgan fingerprint density at radius 2 is 1.60 bits per heavy atom. The molecule has 1 aromatic carbocycles. The first-order chi connectivity index (χ1) is 4.61. The summed E-state index contributed by atoms with van der Waals surface area (Å²) in [6.07, 6.45) is 0. The fourth-order valence-corrected chi connectivity index (χ4v) is 1.92. The molecule has 0 amide bonds. The van der Waals surface area contributed by atoms with Crippen LogP contribution in [0.5, 0.6) is 0 Å². The molecule has 50 valence electrons. The molecule has 0 spiro atoms. The van der Waals surface area contributed by atoms with E-state index >= 15 is 0 Å². The zero-order valence-corrected chi connectivity index (χ0v) is 7.46. The average molecular weight is 146 g/mol. The van der Waals surface area contributed by atoms with Crippen molar-refractivity contribution < 1.29 is 0 Å². The van der Waals surface area contributed by atoms with Gasteiger partial charge in [0, 0.05) is 7.94 Å². The summed E-state index contributed by atoms with van der Waals surface area (Å²) in [6, 6.07) is 10.3. The van der Waals surface area contributed by atoms with Gasteiger partial charge in [0.15, 0.2) is 0 Å². The summed E-state index contributed by atoms with van der Waals surface area (Å²) in [5, 5.41) is 1.31. The maximum atomic E-state index is 6.00. The van der Waals surface area contributed by atoms with Crippen LogP contribution in [0.3, 0.4) is 0 Å². The van der Waals surface area contributed by atoms with E-state index in [-0.39, 0.29) is 0 Å². The fraction of sp³-hybridized carbons (Fsp3) is 0.250. The van der Waals surface area contributed by atoms with Crippen LogP contribution in [0.2, 0.25) is 13.1 Å². The van der Waals surface area contributed by atoms with Crippen molar-refractivity contribution in [2.75, 3.05) is 0 Å².